The monoisotopic (exact) mass is 467 g/mol. The molecule has 4 rings (SSSR count). The molecule has 1 atom stereocenters. The number of nitrogens with one attached hydrogen (secondary N) is 1. The highest BCUT2D eigenvalue weighted by Crippen LogP contribution is 2.34. The highest BCUT2D eigenvalue weighted by Gasteiger charge is 2.31. The van der Waals surface area contributed by atoms with Crippen molar-refractivity contribution in [3.8, 4) is 11.3 Å². The molecule has 0 saturated carbocycles. The van der Waals surface area contributed by atoms with Crippen molar-refractivity contribution in [3.63, 3.8) is 0 Å². The van der Waals surface area contributed by atoms with E-state index in [9.17, 15) is 18.0 Å². The topological polar surface area (TPSA) is 110 Å². The molecule has 1 N–H and O–H groups in total. The first-order valence-electron chi connectivity index (χ1n) is 10.8. The summed E-state index contributed by atoms with van der Waals surface area (Å²) in [5.74, 6) is -0.130. The molecule has 3 aromatic rings. The average Bonchev–Trinajstić information content (AvgIpc) is 3.44. The minimum absolute atomic E-state index is 0.0103. The fourth-order valence-electron chi connectivity index (χ4n) is 4.03. The van der Waals surface area contributed by atoms with Gasteiger partial charge in [0.1, 0.15) is 0 Å². The van der Waals surface area contributed by atoms with Gasteiger partial charge in [0.25, 0.3) is 0 Å². The van der Waals surface area contributed by atoms with E-state index in [1.807, 2.05) is 13.0 Å². The SMILES string of the molecule is CCC(=O)N1c2ccc(S(=O)(=O)CCC(=O)Nc3cccc(-c4ccno4)c3)cc2C[C@H]1C. The Morgan fingerprint density at radius 3 is 2.73 bits per heavy atom. The first-order valence-corrected chi connectivity index (χ1v) is 12.4. The van der Waals surface area contributed by atoms with Gasteiger partial charge < -0.3 is 14.7 Å². The minimum Gasteiger partial charge on any atom is -0.356 e. The number of carbonyl (C=O) groups excluding carboxylic acids is 2. The molecule has 0 fully saturated rings. The summed E-state index contributed by atoms with van der Waals surface area (Å²) in [6, 6.07) is 13.6. The zero-order chi connectivity index (χ0) is 23.6. The van der Waals surface area contributed by atoms with E-state index in [4.69, 9.17) is 4.52 Å². The number of rotatable bonds is 7. The van der Waals surface area contributed by atoms with Gasteiger partial charge in [0, 0.05) is 41.9 Å². The van der Waals surface area contributed by atoms with Crippen molar-refractivity contribution in [3.05, 3.63) is 60.3 Å². The van der Waals surface area contributed by atoms with Crippen LogP contribution in [0.15, 0.2) is 64.1 Å². The van der Waals surface area contributed by atoms with E-state index in [1.165, 1.54) is 12.3 Å². The van der Waals surface area contributed by atoms with Gasteiger partial charge in [-0.15, -0.1) is 0 Å². The van der Waals surface area contributed by atoms with Crippen molar-refractivity contribution < 1.29 is 22.5 Å². The number of amides is 2. The second kappa shape index (κ2) is 9.19. The van der Waals surface area contributed by atoms with Crippen LogP contribution in [0.1, 0.15) is 32.3 Å². The van der Waals surface area contributed by atoms with Crippen LogP contribution < -0.4 is 10.2 Å². The number of sulfone groups is 1. The Kier molecular flexibility index (Phi) is 6.33. The molecule has 0 bridgehead atoms. The van der Waals surface area contributed by atoms with Crippen LogP contribution >= 0.6 is 0 Å². The van der Waals surface area contributed by atoms with Crippen LogP contribution in [-0.4, -0.2) is 37.2 Å². The molecule has 33 heavy (non-hydrogen) atoms. The molecule has 1 aromatic heterocycles. The highest BCUT2D eigenvalue weighted by atomic mass is 32.2. The molecule has 0 radical (unpaired) electrons. The number of nitrogens with zero attached hydrogens (tertiary/aromatic N) is 2. The molecular formula is C24H25N3O5S. The molecule has 172 valence electrons. The second-order valence-corrected chi connectivity index (χ2v) is 10.1. The predicted octanol–water partition coefficient (Wildman–Crippen LogP) is 3.83. The molecule has 0 unspecified atom stereocenters. The summed E-state index contributed by atoms with van der Waals surface area (Å²) in [4.78, 5) is 26.5. The molecule has 2 heterocycles. The first-order chi connectivity index (χ1) is 15.8. The van der Waals surface area contributed by atoms with Crippen molar-refractivity contribution in [2.75, 3.05) is 16.0 Å². The van der Waals surface area contributed by atoms with Gasteiger partial charge in [-0.3, -0.25) is 9.59 Å². The first kappa shape index (κ1) is 22.7. The lowest BCUT2D eigenvalue weighted by atomic mass is 10.1. The summed E-state index contributed by atoms with van der Waals surface area (Å²) in [5, 5.41) is 6.40. The number of anilines is 2. The minimum atomic E-state index is -3.66. The van der Waals surface area contributed by atoms with E-state index in [0.717, 1.165) is 16.8 Å². The van der Waals surface area contributed by atoms with Crippen molar-refractivity contribution in [2.45, 2.75) is 44.0 Å². The molecule has 0 saturated heterocycles. The Morgan fingerprint density at radius 2 is 2.00 bits per heavy atom. The fourth-order valence-corrected chi connectivity index (χ4v) is 5.32. The number of fused-ring (bicyclic) bond motifs is 1. The van der Waals surface area contributed by atoms with Gasteiger partial charge in [-0.2, -0.15) is 0 Å². The Labute approximate surface area is 192 Å². The van der Waals surface area contributed by atoms with Gasteiger partial charge in [-0.05, 0) is 49.2 Å². The molecule has 2 aromatic carbocycles. The molecule has 1 aliphatic heterocycles. The average molecular weight is 468 g/mol. The number of carbonyl (C=O) groups is 2. The van der Waals surface area contributed by atoms with Crippen LogP contribution in [0.5, 0.6) is 0 Å². The lowest BCUT2D eigenvalue weighted by molar-refractivity contribution is -0.118. The van der Waals surface area contributed by atoms with Gasteiger partial charge in [0.05, 0.1) is 16.8 Å². The predicted molar refractivity (Wildman–Crippen MR) is 125 cm³/mol. The van der Waals surface area contributed by atoms with Crippen LogP contribution in [0.3, 0.4) is 0 Å². The van der Waals surface area contributed by atoms with E-state index in [0.29, 0.717) is 24.3 Å². The molecular weight excluding hydrogens is 442 g/mol. The number of hydrogen-bond donors (Lipinski definition) is 1. The number of hydrogen-bond acceptors (Lipinski definition) is 6. The zero-order valence-electron chi connectivity index (χ0n) is 18.4. The van der Waals surface area contributed by atoms with Crippen LogP contribution in [0.25, 0.3) is 11.3 Å². The molecule has 1 aliphatic rings. The summed E-state index contributed by atoms with van der Waals surface area (Å²) in [5.41, 5.74) is 2.89. The lowest BCUT2D eigenvalue weighted by Gasteiger charge is -2.22. The summed E-state index contributed by atoms with van der Waals surface area (Å²) in [7, 11) is -3.66. The maximum atomic E-state index is 12.9. The van der Waals surface area contributed by atoms with Gasteiger partial charge in [-0.1, -0.05) is 24.2 Å². The highest BCUT2D eigenvalue weighted by molar-refractivity contribution is 7.91. The fraction of sp³-hybridized carbons (Fsp3) is 0.292. The summed E-state index contributed by atoms with van der Waals surface area (Å²) in [6.45, 7) is 3.75. The molecule has 8 nitrogen and oxygen atoms in total. The largest absolute Gasteiger partial charge is 0.356 e. The smallest absolute Gasteiger partial charge is 0.226 e. The Morgan fingerprint density at radius 1 is 1.18 bits per heavy atom. The molecule has 2 amide bonds. The Hall–Kier alpha value is -3.46. The van der Waals surface area contributed by atoms with Crippen molar-refractivity contribution >= 4 is 33.0 Å². The standard InChI is InChI=1S/C24H25N3O5S/c1-3-24(29)27-16(2)13-18-15-20(7-8-21(18)27)33(30,31)12-10-23(28)26-19-6-4-5-17(14-19)22-9-11-25-32-22/h4-9,11,14-16H,3,10,12-13H2,1-2H3,(H,26,28)/t16-/m1/s1. The van der Waals surface area contributed by atoms with Gasteiger partial charge in [0.15, 0.2) is 15.6 Å². The summed E-state index contributed by atoms with van der Waals surface area (Å²) < 4.78 is 30.9. The maximum absolute atomic E-state index is 12.9. The third-order valence-electron chi connectivity index (χ3n) is 5.66. The van der Waals surface area contributed by atoms with E-state index in [1.54, 1.807) is 48.2 Å². The summed E-state index contributed by atoms with van der Waals surface area (Å²) >= 11 is 0. The van der Waals surface area contributed by atoms with Crippen LogP contribution in [0, 0.1) is 0 Å². The Bertz CT molecular complexity index is 1290. The van der Waals surface area contributed by atoms with Crippen molar-refractivity contribution in [2.24, 2.45) is 0 Å². The van der Waals surface area contributed by atoms with Gasteiger partial charge in [0.2, 0.25) is 11.8 Å². The molecule has 0 spiro atoms. The van der Waals surface area contributed by atoms with E-state index in [2.05, 4.69) is 10.5 Å². The van der Waals surface area contributed by atoms with Crippen LogP contribution in [-0.2, 0) is 25.8 Å². The van der Waals surface area contributed by atoms with Crippen molar-refractivity contribution in [1.82, 2.24) is 5.16 Å². The third kappa shape index (κ3) is 4.83. The van der Waals surface area contributed by atoms with Crippen molar-refractivity contribution in [1.29, 1.82) is 0 Å². The third-order valence-corrected chi connectivity index (χ3v) is 7.38. The maximum Gasteiger partial charge on any atom is 0.226 e. The van der Waals surface area contributed by atoms with E-state index < -0.39 is 15.7 Å². The lowest BCUT2D eigenvalue weighted by Crippen LogP contribution is -2.35. The molecule has 0 aliphatic carbocycles. The molecule has 9 heteroatoms. The summed E-state index contributed by atoms with van der Waals surface area (Å²) in [6.07, 6.45) is 2.35. The second-order valence-electron chi connectivity index (χ2n) is 8.04. The van der Waals surface area contributed by atoms with Gasteiger partial charge in [-0.25, -0.2) is 8.42 Å². The quantitative estimate of drug-likeness (QED) is 0.566. The number of aromatic nitrogens is 1. The van der Waals surface area contributed by atoms with Gasteiger partial charge >= 0.3 is 0 Å². The van der Waals surface area contributed by atoms with Crippen LogP contribution in [0.2, 0.25) is 0 Å². The Balaban J connectivity index is 1.42. The number of benzene rings is 2. The normalized spacial score (nSPS) is 15.3. The van der Waals surface area contributed by atoms with E-state index in [-0.39, 0.29) is 29.0 Å². The van der Waals surface area contributed by atoms with E-state index >= 15 is 0 Å². The van der Waals surface area contributed by atoms with Crippen LogP contribution in [0.4, 0.5) is 11.4 Å². The zero-order valence-corrected chi connectivity index (χ0v) is 19.3.